The Balaban J connectivity index is 2.93. The highest BCUT2D eigenvalue weighted by atomic mass is 32.2. The lowest BCUT2D eigenvalue weighted by Gasteiger charge is -2.04. The van der Waals surface area contributed by atoms with Crippen molar-refractivity contribution < 1.29 is 18.3 Å². The Morgan fingerprint density at radius 2 is 2.19 bits per heavy atom. The highest BCUT2D eigenvalue weighted by Crippen LogP contribution is 2.05. The molecule has 0 atom stereocenters. The minimum atomic E-state index is -3.74. The van der Waals surface area contributed by atoms with E-state index in [9.17, 15) is 13.2 Å². The van der Waals surface area contributed by atoms with Gasteiger partial charge in [0.1, 0.15) is 0 Å². The number of carbonyl (C=O) groups is 1. The third kappa shape index (κ3) is 2.99. The first-order valence-electron chi connectivity index (χ1n) is 4.34. The van der Waals surface area contributed by atoms with Crippen molar-refractivity contribution in [2.24, 2.45) is 5.73 Å². The highest BCUT2D eigenvalue weighted by molar-refractivity contribution is 7.89. The van der Waals surface area contributed by atoms with E-state index in [2.05, 4.69) is 9.71 Å². The minimum Gasteiger partial charge on any atom is -0.395 e. The highest BCUT2D eigenvalue weighted by Gasteiger charge is 2.15. The number of carbonyl (C=O) groups excluding carboxylic acids is 1. The maximum Gasteiger partial charge on any atom is 0.258 e. The molecule has 0 unspecified atom stereocenters. The number of hydrogen-bond donors (Lipinski definition) is 3. The van der Waals surface area contributed by atoms with Gasteiger partial charge in [0.2, 0.25) is 5.91 Å². The van der Waals surface area contributed by atoms with Crippen LogP contribution in [0.4, 0.5) is 0 Å². The number of sulfonamides is 1. The molecule has 0 saturated carbocycles. The molecule has 0 spiro atoms. The Morgan fingerprint density at radius 1 is 1.50 bits per heavy atom. The second-order valence-corrected chi connectivity index (χ2v) is 4.58. The Labute approximate surface area is 92.4 Å². The van der Waals surface area contributed by atoms with Gasteiger partial charge >= 0.3 is 0 Å². The molecule has 7 nitrogen and oxygen atoms in total. The van der Waals surface area contributed by atoms with Gasteiger partial charge in [-0.25, -0.2) is 18.1 Å². The first kappa shape index (κ1) is 12.6. The molecule has 1 rings (SSSR count). The van der Waals surface area contributed by atoms with Crippen LogP contribution in [0.2, 0.25) is 0 Å². The van der Waals surface area contributed by atoms with Crippen LogP contribution in [0.3, 0.4) is 0 Å². The zero-order valence-electron chi connectivity index (χ0n) is 8.25. The van der Waals surface area contributed by atoms with Gasteiger partial charge in [0, 0.05) is 12.7 Å². The van der Waals surface area contributed by atoms with Gasteiger partial charge in [-0.15, -0.1) is 0 Å². The van der Waals surface area contributed by atoms with Gasteiger partial charge < -0.3 is 10.8 Å². The Hall–Kier alpha value is -1.51. The topological polar surface area (TPSA) is 122 Å². The second kappa shape index (κ2) is 5.01. The molecule has 16 heavy (non-hydrogen) atoms. The third-order valence-corrected chi connectivity index (χ3v) is 3.08. The van der Waals surface area contributed by atoms with Crippen LogP contribution in [-0.4, -0.2) is 37.6 Å². The van der Waals surface area contributed by atoms with Crippen LogP contribution < -0.4 is 10.5 Å². The lowest BCUT2D eigenvalue weighted by Crippen LogP contribution is -2.27. The number of pyridine rings is 1. The number of amides is 1. The fourth-order valence-corrected chi connectivity index (χ4v) is 1.89. The van der Waals surface area contributed by atoms with Crippen LogP contribution >= 0.6 is 0 Å². The van der Waals surface area contributed by atoms with Crippen molar-refractivity contribution in [1.82, 2.24) is 9.71 Å². The summed E-state index contributed by atoms with van der Waals surface area (Å²) in [6, 6.07) is 2.43. The van der Waals surface area contributed by atoms with E-state index in [0.717, 1.165) is 6.20 Å². The van der Waals surface area contributed by atoms with Crippen LogP contribution in [0.1, 0.15) is 10.4 Å². The summed E-state index contributed by atoms with van der Waals surface area (Å²) >= 11 is 0. The Bertz CT molecular complexity index is 469. The van der Waals surface area contributed by atoms with E-state index < -0.39 is 15.9 Å². The number of hydrogen-bond acceptors (Lipinski definition) is 5. The lowest BCUT2D eigenvalue weighted by molar-refractivity contribution is 0.1000. The molecule has 0 saturated heterocycles. The standard InChI is InChI=1S/C8H11N3O4S/c9-8(13)6-1-2-7(10-5-6)16(14,15)11-3-4-12/h1-2,5,11-12H,3-4H2,(H2,9,13). The lowest BCUT2D eigenvalue weighted by atomic mass is 10.3. The van der Waals surface area contributed by atoms with Gasteiger partial charge in [-0.3, -0.25) is 4.79 Å². The summed E-state index contributed by atoms with van der Waals surface area (Å²) in [7, 11) is -3.74. The molecule has 0 aliphatic carbocycles. The summed E-state index contributed by atoms with van der Waals surface area (Å²) in [5.41, 5.74) is 5.10. The minimum absolute atomic E-state index is 0.0957. The van der Waals surface area contributed by atoms with Crippen LogP contribution in [0, 0.1) is 0 Å². The average Bonchev–Trinajstić information content (AvgIpc) is 2.26. The molecular formula is C8H11N3O4S. The molecule has 4 N–H and O–H groups in total. The normalized spacial score (nSPS) is 11.3. The van der Waals surface area contributed by atoms with Gasteiger partial charge in [-0.05, 0) is 12.1 Å². The van der Waals surface area contributed by atoms with E-state index in [4.69, 9.17) is 10.8 Å². The van der Waals surface area contributed by atoms with Crippen molar-refractivity contribution in [3.63, 3.8) is 0 Å². The predicted octanol–water partition coefficient (Wildman–Crippen LogP) is -1.55. The SMILES string of the molecule is NC(=O)c1ccc(S(=O)(=O)NCCO)nc1. The number of nitrogens with two attached hydrogens (primary N) is 1. The number of nitrogens with zero attached hydrogens (tertiary/aromatic N) is 1. The molecule has 0 aliphatic rings. The fourth-order valence-electron chi connectivity index (χ4n) is 0.939. The summed E-state index contributed by atoms with van der Waals surface area (Å²) in [6.45, 7) is -0.403. The number of rotatable bonds is 5. The predicted molar refractivity (Wildman–Crippen MR) is 55.0 cm³/mol. The van der Waals surface area contributed by atoms with E-state index in [1.54, 1.807) is 0 Å². The first-order valence-corrected chi connectivity index (χ1v) is 5.82. The molecule has 0 aliphatic heterocycles. The Kier molecular flexibility index (Phi) is 3.93. The van der Waals surface area contributed by atoms with Gasteiger partial charge in [-0.2, -0.15) is 0 Å². The summed E-state index contributed by atoms with van der Waals surface area (Å²) in [6.07, 6.45) is 1.08. The van der Waals surface area contributed by atoms with Crippen molar-refractivity contribution in [1.29, 1.82) is 0 Å². The maximum atomic E-state index is 11.5. The Morgan fingerprint density at radius 3 is 2.62 bits per heavy atom. The third-order valence-electron chi connectivity index (χ3n) is 1.70. The molecule has 8 heteroatoms. The smallest absolute Gasteiger partial charge is 0.258 e. The number of primary amides is 1. The van der Waals surface area contributed by atoms with Crippen molar-refractivity contribution in [3.8, 4) is 0 Å². The van der Waals surface area contributed by atoms with Crippen molar-refractivity contribution in [2.75, 3.05) is 13.2 Å². The quantitative estimate of drug-likeness (QED) is 0.579. The van der Waals surface area contributed by atoms with E-state index in [-0.39, 0.29) is 23.7 Å². The van der Waals surface area contributed by atoms with Gasteiger partial charge in [0.05, 0.1) is 12.2 Å². The maximum absolute atomic E-state index is 11.5. The fraction of sp³-hybridized carbons (Fsp3) is 0.250. The van der Waals surface area contributed by atoms with Gasteiger partial charge in [0.15, 0.2) is 5.03 Å². The van der Waals surface area contributed by atoms with Crippen LogP contribution in [-0.2, 0) is 10.0 Å². The monoisotopic (exact) mass is 245 g/mol. The first-order chi connectivity index (χ1) is 7.47. The molecule has 0 bridgehead atoms. The van der Waals surface area contributed by atoms with E-state index in [1.807, 2.05) is 0 Å². The van der Waals surface area contributed by atoms with E-state index >= 15 is 0 Å². The number of aromatic nitrogens is 1. The molecular weight excluding hydrogens is 234 g/mol. The van der Waals surface area contributed by atoms with Crippen molar-refractivity contribution in [3.05, 3.63) is 23.9 Å². The van der Waals surface area contributed by atoms with Crippen LogP contribution in [0.5, 0.6) is 0 Å². The summed E-state index contributed by atoms with van der Waals surface area (Å²) in [5, 5.41) is 8.25. The zero-order chi connectivity index (χ0) is 12.2. The molecule has 0 fully saturated rings. The largest absolute Gasteiger partial charge is 0.395 e. The molecule has 0 aromatic carbocycles. The summed E-state index contributed by atoms with van der Waals surface area (Å²) < 4.78 is 25.1. The van der Waals surface area contributed by atoms with Crippen molar-refractivity contribution in [2.45, 2.75) is 5.03 Å². The van der Waals surface area contributed by atoms with Gasteiger partial charge in [-0.1, -0.05) is 0 Å². The van der Waals surface area contributed by atoms with Gasteiger partial charge in [0.25, 0.3) is 10.0 Å². The van der Waals surface area contributed by atoms with Crippen LogP contribution in [0.15, 0.2) is 23.4 Å². The van der Waals surface area contributed by atoms with E-state index in [0.29, 0.717) is 0 Å². The molecule has 88 valence electrons. The average molecular weight is 245 g/mol. The molecule has 0 radical (unpaired) electrons. The number of aliphatic hydroxyl groups excluding tert-OH is 1. The molecule has 1 aromatic rings. The van der Waals surface area contributed by atoms with Crippen molar-refractivity contribution >= 4 is 15.9 Å². The number of nitrogens with one attached hydrogen (secondary N) is 1. The molecule has 1 heterocycles. The second-order valence-electron chi connectivity index (χ2n) is 2.87. The molecule has 1 aromatic heterocycles. The molecule has 1 amide bonds. The van der Waals surface area contributed by atoms with E-state index in [1.165, 1.54) is 12.1 Å². The van der Waals surface area contributed by atoms with Crippen LogP contribution in [0.25, 0.3) is 0 Å². The number of aliphatic hydroxyl groups is 1. The summed E-state index contributed by atoms with van der Waals surface area (Å²) in [5.74, 6) is -0.681. The zero-order valence-corrected chi connectivity index (χ0v) is 9.07. The summed E-state index contributed by atoms with van der Waals surface area (Å²) in [4.78, 5) is 14.3.